The Balaban J connectivity index is 1.04. The summed E-state index contributed by atoms with van der Waals surface area (Å²) in [5, 5.41) is 5.14. The lowest BCUT2D eigenvalue weighted by molar-refractivity contribution is 1.28. The van der Waals surface area contributed by atoms with Crippen LogP contribution < -0.4 is 4.90 Å². The van der Waals surface area contributed by atoms with Gasteiger partial charge < -0.3 is 4.90 Å². The number of fused-ring (bicyclic) bond motifs is 4. The molecule has 0 N–H and O–H groups in total. The summed E-state index contributed by atoms with van der Waals surface area (Å²) in [5.41, 5.74) is 13.0. The van der Waals surface area contributed by atoms with Crippen molar-refractivity contribution in [3.8, 4) is 44.5 Å². The molecule has 0 bridgehead atoms. The largest absolute Gasteiger partial charge is 0.310 e. The first kappa shape index (κ1) is 32.0. The molecule has 0 aliphatic heterocycles. The molecule has 254 valence electrons. The third-order valence-electron chi connectivity index (χ3n) is 10.5. The van der Waals surface area contributed by atoms with Crippen molar-refractivity contribution in [3.63, 3.8) is 0 Å². The first-order valence-corrected chi connectivity index (χ1v) is 19.2. The van der Waals surface area contributed by atoms with Crippen LogP contribution in [0.4, 0.5) is 17.1 Å². The smallest absolute Gasteiger partial charge is 0.0467 e. The molecule has 0 radical (unpaired) electrons. The van der Waals surface area contributed by atoms with Gasteiger partial charge in [0.2, 0.25) is 0 Å². The minimum Gasteiger partial charge on any atom is -0.310 e. The van der Waals surface area contributed by atoms with E-state index < -0.39 is 0 Å². The van der Waals surface area contributed by atoms with Gasteiger partial charge in [-0.2, -0.15) is 0 Å². The first-order valence-electron chi connectivity index (χ1n) is 18.4. The van der Waals surface area contributed by atoms with Gasteiger partial charge >= 0.3 is 0 Å². The maximum Gasteiger partial charge on any atom is 0.0467 e. The van der Waals surface area contributed by atoms with E-state index in [2.05, 4.69) is 217 Å². The van der Waals surface area contributed by atoms with E-state index in [1.54, 1.807) is 0 Å². The van der Waals surface area contributed by atoms with Gasteiger partial charge in [-0.05, 0) is 104 Å². The third-order valence-corrected chi connectivity index (χ3v) is 11.7. The fourth-order valence-corrected chi connectivity index (χ4v) is 8.93. The Bertz CT molecular complexity index is 2900. The van der Waals surface area contributed by atoms with Crippen LogP contribution in [0.25, 0.3) is 75.5 Å². The van der Waals surface area contributed by atoms with Crippen molar-refractivity contribution in [2.45, 2.75) is 0 Å². The average Bonchev–Trinajstić information content (AvgIpc) is 3.64. The molecule has 10 aromatic rings. The number of nitrogens with zero attached hydrogens (tertiary/aromatic N) is 1. The number of hydrogen-bond donors (Lipinski definition) is 0. The minimum absolute atomic E-state index is 1.11. The van der Waals surface area contributed by atoms with Gasteiger partial charge in [-0.1, -0.05) is 164 Å². The second kappa shape index (κ2) is 13.7. The van der Waals surface area contributed by atoms with Crippen LogP contribution in [0.3, 0.4) is 0 Å². The molecule has 0 aliphatic carbocycles. The second-order valence-corrected chi connectivity index (χ2v) is 14.8. The molecule has 0 fully saturated rings. The van der Waals surface area contributed by atoms with Gasteiger partial charge in [0.25, 0.3) is 0 Å². The van der Waals surface area contributed by atoms with E-state index in [0.717, 1.165) is 17.1 Å². The molecule has 54 heavy (non-hydrogen) atoms. The van der Waals surface area contributed by atoms with E-state index in [1.165, 1.54) is 75.5 Å². The minimum atomic E-state index is 1.11. The van der Waals surface area contributed by atoms with E-state index in [0.29, 0.717) is 0 Å². The van der Waals surface area contributed by atoms with Crippen molar-refractivity contribution in [1.82, 2.24) is 0 Å². The number of benzene rings is 9. The molecule has 1 heterocycles. The van der Waals surface area contributed by atoms with Gasteiger partial charge in [0.05, 0.1) is 0 Å². The average molecular weight is 706 g/mol. The lowest BCUT2D eigenvalue weighted by Crippen LogP contribution is -2.10. The summed E-state index contributed by atoms with van der Waals surface area (Å²) < 4.78 is 2.66. The monoisotopic (exact) mass is 705 g/mol. The van der Waals surface area contributed by atoms with Crippen molar-refractivity contribution in [3.05, 3.63) is 212 Å². The van der Waals surface area contributed by atoms with E-state index in [1.807, 2.05) is 11.3 Å². The maximum absolute atomic E-state index is 2.37. The Morgan fingerprint density at radius 2 is 0.815 bits per heavy atom. The number of anilines is 3. The lowest BCUT2D eigenvalue weighted by atomic mass is 9.99. The predicted molar refractivity (Wildman–Crippen MR) is 233 cm³/mol. The Labute approximate surface area is 319 Å². The topological polar surface area (TPSA) is 3.24 Å². The number of thiophene rings is 1. The van der Waals surface area contributed by atoms with Crippen LogP contribution in [0.1, 0.15) is 0 Å². The van der Waals surface area contributed by atoms with Crippen LogP contribution >= 0.6 is 11.3 Å². The molecule has 0 amide bonds. The standard InChI is InChI=1S/C52H35NS/c1-2-10-36(11-3-1)38-20-22-39(23-21-38)40-26-30-45(31-27-40)53(47-15-8-14-43(35-47)44-25-24-37-12-4-5-13-42(37)34-44)46-32-28-41(29-33-46)48-17-9-18-50-49-16-6-7-19-51(49)54-52(48)50/h1-35H. The Morgan fingerprint density at radius 1 is 0.296 bits per heavy atom. The van der Waals surface area contributed by atoms with Gasteiger partial charge in [-0.15, -0.1) is 11.3 Å². The molecule has 1 nitrogen and oxygen atoms in total. The van der Waals surface area contributed by atoms with Crippen LogP contribution in [0, 0.1) is 0 Å². The molecule has 0 aliphatic rings. The zero-order valence-corrected chi connectivity index (χ0v) is 30.4. The summed E-state index contributed by atoms with van der Waals surface area (Å²) in [7, 11) is 0. The summed E-state index contributed by atoms with van der Waals surface area (Å²) in [6, 6.07) is 77.1. The van der Waals surface area contributed by atoms with Crippen molar-refractivity contribution in [1.29, 1.82) is 0 Å². The Morgan fingerprint density at radius 3 is 1.56 bits per heavy atom. The van der Waals surface area contributed by atoms with Crippen LogP contribution in [0.5, 0.6) is 0 Å². The summed E-state index contributed by atoms with van der Waals surface area (Å²) in [6.07, 6.45) is 0. The van der Waals surface area contributed by atoms with Crippen LogP contribution in [0.2, 0.25) is 0 Å². The highest BCUT2D eigenvalue weighted by Crippen LogP contribution is 2.42. The van der Waals surface area contributed by atoms with Crippen LogP contribution in [-0.4, -0.2) is 0 Å². The summed E-state index contributed by atoms with van der Waals surface area (Å²) >= 11 is 1.88. The highest BCUT2D eigenvalue weighted by molar-refractivity contribution is 7.26. The molecule has 9 aromatic carbocycles. The molecule has 0 unspecified atom stereocenters. The van der Waals surface area contributed by atoms with Gasteiger partial charge in [0.1, 0.15) is 0 Å². The highest BCUT2D eigenvalue weighted by Gasteiger charge is 2.16. The first-order chi connectivity index (χ1) is 26.7. The molecule has 10 rings (SSSR count). The van der Waals surface area contributed by atoms with Gasteiger partial charge in [0, 0.05) is 37.2 Å². The fourth-order valence-electron chi connectivity index (χ4n) is 7.69. The van der Waals surface area contributed by atoms with Crippen LogP contribution in [0.15, 0.2) is 212 Å². The molecule has 2 heteroatoms. The zero-order chi connectivity index (χ0) is 35.8. The fraction of sp³-hybridized carbons (Fsp3) is 0. The molecule has 0 saturated carbocycles. The van der Waals surface area contributed by atoms with Crippen molar-refractivity contribution < 1.29 is 0 Å². The predicted octanol–water partition coefficient (Wildman–Crippen LogP) is 15.3. The van der Waals surface area contributed by atoms with Gasteiger partial charge in [-0.3, -0.25) is 0 Å². The van der Waals surface area contributed by atoms with E-state index in [-0.39, 0.29) is 0 Å². The van der Waals surface area contributed by atoms with Gasteiger partial charge in [0.15, 0.2) is 0 Å². The molecule has 1 aromatic heterocycles. The van der Waals surface area contributed by atoms with Crippen LogP contribution in [-0.2, 0) is 0 Å². The van der Waals surface area contributed by atoms with Crippen molar-refractivity contribution >= 4 is 59.3 Å². The van der Waals surface area contributed by atoms with E-state index in [4.69, 9.17) is 0 Å². The highest BCUT2D eigenvalue weighted by atomic mass is 32.1. The van der Waals surface area contributed by atoms with Crippen molar-refractivity contribution in [2.24, 2.45) is 0 Å². The molecule has 0 spiro atoms. The molecule has 0 saturated heterocycles. The zero-order valence-electron chi connectivity index (χ0n) is 29.6. The SMILES string of the molecule is c1ccc(-c2ccc(-c3ccc(N(c4ccc(-c5cccc6c5sc5ccccc56)cc4)c4cccc(-c5ccc6ccccc6c5)c4)cc3)cc2)cc1. The van der Waals surface area contributed by atoms with E-state index in [9.17, 15) is 0 Å². The van der Waals surface area contributed by atoms with E-state index >= 15 is 0 Å². The number of rotatable bonds is 7. The van der Waals surface area contributed by atoms with Crippen molar-refractivity contribution in [2.75, 3.05) is 4.90 Å². The second-order valence-electron chi connectivity index (χ2n) is 13.8. The lowest BCUT2D eigenvalue weighted by Gasteiger charge is -2.26. The van der Waals surface area contributed by atoms with Gasteiger partial charge in [-0.25, -0.2) is 0 Å². The maximum atomic E-state index is 2.37. The summed E-state index contributed by atoms with van der Waals surface area (Å²) in [6.45, 7) is 0. The Hall–Kier alpha value is -6.74. The normalized spacial score (nSPS) is 11.3. The Kier molecular flexibility index (Phi) is 8.09. The third kappa shape index (κ3) is 5.93. The summed E-state index contributed by atoms with van der Waals surface area (Å²) in [4.78, 5) is 2.37. The summed E-state index contributed by atoms with van der Waals surface area (Å²) in [5.74, 6) is 0. The molecule has 0 atom stereocenters. The number of hydrogen-bond acceptors (Lipinski definition) is 2. The quantitative estimate of drug-likeness (QED) is 0.160. The molecular formula is C52H35NS. The molecular weight excluding hydrogens is 671 g/mol.